The van der Waals surface area contributed by atoms with E-state index in [9.17, 15) is 4.79 Å². The highest BCUT2D eigenvalue weighted by atomic mass is 32.1. The molecule has 4 heteroatoms. The molecule has 0 aliphatic rings. The van der Waals surface area contributed by atoms with E-state index in [0.29, 0.717) is 9.93 Å². The molecule has 3 nitrogen and oxygen atoms in total. The van der Waals surface area contributed by atoms with Crippen LogP contribution in [0.25, 0.3) is 0 Å². The van der Waals surface area contributed by atoms with Crippen LogP contribution in [0.4, 0.5) is 11.4 Å². The lowest BCUT2D eigenvalue weighted by Crippen LogP contribution is -2.35. The van der Waals surface area contributed by atoms with E-state index in [-0.39, 0.29) is 5.43 Å². The molecule has 0 aliphatic carbocycles. The van der Waals surface area contributed by atoms with Crippen molar-refractivity contribution in [3.05, 3.63) is 14.7 Å². The Morgan fingerprint density at radius 2 is 1.65 bits per heavy atom. The predicted octanol–water partition coefficient (Wildman–Crippen LogP) is 3.76. The summed E-state index contributed by atoms with van der Waals surface area (Å²) in [6.45, 7) is 13.6. The number of hydrogen-bond acceptors (Lipinski definition) is 4. The third-order valence-corrected chi connectivity index (χ3v) is 4.12. The molecule has 0 spiro atoms. The Balaban J connectivity index is 2.79. The van der Waals surface area contributed by atoms with Crippen LogP contribution in [-0.2, 0) is 0 Å². The molecule has 0 fully saturated rings. The van der Waals surface area contributed by atoms with Crippen LogP contribution in [0.5, 0.6) is 0 Å². The number of nitrogens with zero attached hydrogens (tertiary/aromatic N) is 2. The summed E-state index contributed by atoms with van der Waals surface area (Å²) in [5, 5.41) is 0. The molecule has 1 aromatic carbocycles. The first kappa shape index (κ1) is 17.2. The average molecular weight is 296 g/mol. The molecule has 0 amide bonds. The normalized spacial score (nSPS) is 11.9. The Morgan fingerprint density at radius 1 is 1.10 bits per heavy atom. The van der Waals surface area contributed by atoms with Gasteiger partial charge in [-0.25, -0.2) is 0 Å². The summed E-state index contributed by atoms with van der Waals surface area (Å²) in [5.41, 5.74) is 2.18. The second kappa shape index (κ2) is 6.70. The molecular weight excluding hydrogens is 268 g/mol. The van der Waals surface area contributed by atoms with Gasteiger partial charge in [-0.1, -0.05) is 33.0 Å². The second-order valence-electron chi connectivity index (χ2n) is 6.61. The maximum atomic E-state index is 12.0. The zero-order valence-corrected chi connectivity index (χ0v) is 14.6. The summed E-state index contributed by atoms with van der Waals surface area (Å²) >= 11 is 5.23. The van der Waals surface area contributed by atoms with Crippen molar-refractivity contribution < 1.29 is 0 Å². The molecule has 0 N–H and O–H groups in total. The van der Waals surface area contributed by atoms with Gasteiger partial charge in [0, 0.05) is 26.7 Å². The van der Waals surface area contributed by atoms with Crippen molar-refractivity contribution >= 4 is 23.6 Å². The lowest BCUT2D eigenvalue weighted by atomic mass is 9.90. The molecular formula is C16H28N2OS. The van der Waals surface area contributed by atoms with E-state index >= 15 is 0 Å². The summed E-state index contributed by atoms with van der Waals surface area (Å²) in [4.78, 5) is 16.3. The minimum Gasteiger partial charge on any atom is -0.370 e. The van der Waals surface area contributed by atoms with Gasteiger partial charge in [-0.05, 0) is 32.1 Å². The number of anilines is 2. The van der Waals surface area contributed by atoms with Crippen LogP contribution in [0.1, 0.15) is 47.5 Å². The molecule has 0 aromatic heterocycles. The summed E-state index contributed by atoms with van der Waals surface area (Å²) in [6.07, 6.45) is 2.25. The van der Waals surface area contributed by atoms with Crippen molar-refractivity contribution in [1.82, 2.24) is 0 Å². The topological polar surface area (TPSA) is 23.6 Å². The molecule has 114 valence electrons. The van der Waals surface area contributed by atoms with Crippen LogP contribution in [0.15, 0.2) is 4.79 Å². The highest BCUT2D eigenvalue weighted by molar-refractivity contribution is 7.71. The first-order valence-electron chi connectivity index (χ1n) is 7.52. The Kier molecular flexibility index (Phi) is 5.75. The quantitative estimate of drug-likeness (QED) is 0.715. The van der Waals surface area contributed by atoms with E-state index in [1.165, 1.54) is 0 Å². The molecule has 1 rings (SSSR count). The van der Waals surface area contributed by atoms with E-state index in [2.05, 4.69) is 44.4 Å². The van der Waals surface area contributed by atoms with Crippen molar-refractivity contribution in [3.63, 3.8) is 0 Å². The number of rotatable bonds is 7. The van der Waals surface area contributed by atoms with Gasteiger partial charge in [-0.3, -0.25) is 4.79 Å². The van der Waals surface area contributed by atoms with Gasteiger partial charge >= 0.3 is 0 Å². The highest BCUT2D eigenvalue weighted by Gasteiger charge is 2.24. The van der Waals surface area contributed by atoms with Crippen molar-refractivity contribution in [1.29, 1.82) is 0 Å². The van der Waals surface area contributed by atoms with Crippen LogP contribution >= 0.6 is 12.2 Å². The zero-order valence-electron chi connectivity index (χ0n) is 13.7. The summed E-state index contributed by atoms with van der Waals surface area (Å²) in [6, 6.07) is 0. The first-order valence-corrected chi connectivity index (χ1v) is 7.93. The van der Waals surface area contributed by atoms with Gasteiger partial charge in [0.15, 0.2) is 0 Å². The molecule has 0 radical (unpaired) electrons. The van der Waals surface area contributed by atoms with Gasteiger partial charge in [0.1, 0.15) is 10.2 Å². The van der Waals surface area contributed by atoms with Crippen molar-refractivity contribution in [2.24, 2.45) is 5.41 Å². The summed E-state index contributed by atoms with van der Waals surface area (Å²) in [7, 11) is 2.00. The smallest absolute Gasteiger partial charge is 0.224 e. The third kappa shape index (κ3) is 3.81. The van der Waals surface area contributed by atoms with Gasteiger partial charge in [0.25, 0.3) is 0 Å². The summed E-state index contributed by atoms with van der Waals surface area (Å²) < 4.78 is 0.506. The van der Waals surface area contributed by atoms with E-state index in [4.69, 9.17) is 12.2 Å². The van der Waals surface area contributed by atoms with Crippen LogP contribution in [0, 0.1) is 9.93 Å². The highest BCUT2D eigenvalue weighted by Crippen LogP contribution is 2.31. The van der Waals surface area contributed by atoms with Gasteiger partial charge in [-0.15, -0.1) is 0 Å². The summed E-state index contributed by atoms with van der Waals surface area (Å²) in [5.74, 6) is 0. The van der Waals surface area contributed by atoms with E-state index in [0.717, 1.165) is 43.9 Å². The average Bonchev–Trinajstić information content (AvgIpc) is 2.36. The monoisotopic (exact) mass is 296 g/mol. The van der Waals surface area contributed by atoms with Crippen LogP contribution < -0.4 is 15.2 Å². The maximum absolute atomic E-state index is 12.0. The fraction of sp³-hybridized carbons (Fsp3) is 0.750. The molecule has 0 bridgehead atoms. The Bertz CT molecular complexity index is 505. The Labute approximate surface area is 128 Å². The Hall–Kier alpha value is -0.900. The van der Waals surface area contributed by atoms with Gasteiger partial charge < -0.3 is 9.80 Å². The van der Waals surface area contributed by atoms with E-state index in [1.54, 1.807) is 0 Å². The molecule has 0 unspecified atom stereocenters. The van der Waals surface area contributed by atoms with Crippen LogP contribution in [-0.4, -0.2) is 26.7 Å². The molecule has 0 heterocycles. The SMILES string of the molecule is CCN(CC)c1c(N(C)CCCC(C)(C)C)c(=O)c1=S. The van der Waals surface area contributed by atoms with Gasteiger partial charge in [0.2, 0.25) is 5.43 Å². The Morgan fingerprint density at radius 3 is 2.10 bits per heavy atom. The van der Waals surface area contributed by atoms with Crippen molar-refractivity contribution in [2.45, 2.75) is 47.5 Å². The van der Waals surface area contributed by atoms with Crippen LogP contribution in [0.2, 0.25) is 0 Å². The second-order valence-corrected chi connectivity index (χ2v) is 7.02. The minimum atomic E-state index is 0.0418. The third-order valence-electron chi connectivity index (χ3n) is 3.74. The standard InChI is InChI=1S/C16H28N2OS/c1-7-18(8-2)13-12(14(19)15(13)20)17(6)11-9-10-16(3,4)5/h7-11H2,1-6H3. The van der Waals surface area contributed by atoms with Gasteiger partial charge in [-0.2, -0.15) is 0 Å². The molecule has 0 aliphatic heterocycles. The lowest BCUT2D eigenvalue weighted by Gasteiger charge is -2.31. The molecule has 0 saturated heterocycles. The minimum absolute atomic E-state index is 0.0418. The van der Waals surface area contributed by atoms with Gasteiger partial charge in [0.05, 0.1) is 5.69 Å². The fourth-order valence-electron chi connectivity index (χ4n) is 2.51. The molecule has 0 atom stereocenters. The van der Waals surface area contributed by atoms with Crippen LogP contribution in [0.3, 0.4) is 0 Å². The number of hydrogen-bond donors (Lipinski definition) is 0. The van der Waals surface area contributed by atoms with E-state index < -0.39 is 0 Å². The largest absolute Gasteiger partial charge is 0.370 e. The predicted molar refractivity (Wildman–Crippen MR) is 91.4 cm³/mol. The zero-order chi connectivity index (χ0) is 15.5. The lowest BCUT2D eigenvalue weighted by molar-refractivity contribution is 0.367. The van der Waals surface area contributed by atoms with E-state index in [1.807, 2.05) is 7.05 Å². The molecule has 0 saturated carbocycles. The molecule has 20 heavy (non-hydrogen) atoms. The first-order chi connectivity index (χ1) is 9.22. The molecule has 1 aromatic rings. The van der Waals surface area contributed by atoms with Crippen molar-refractivity contribution in [2.75, 3.05) is 36.5 Å². The van der Waals surface area contributed by atoms with Crippen molar-refractivity contribution in [3.8, 4) is 0 Å². The maximum Gasteiger partial charge on any atom is 0.224 e. The fourth-order valence-corrected chi connectivity index (χ4v) is 2.84.